The fraction of sp³-hybridized carbons (Fsp3) is 0.600. The summed E-state index contributed by atoms with van der Waals surface area (Å²) in [6.07, 6.45) is 0.767. The molecule has 3 rings (SSSR count). The van der Waals surface area contributed by atoms with E-state index in [4.69, 9.17) is 5.73 Å². The van der Waals surface area contributed by atoms with E-state index in [9.17, 15) is 13.2 Å². The number of hydrogen-bond donors (Lipinski definition) is 1. The molecule has 2 nitrogen and oxygen atoms in total. The lowest BCUT2D eigenvalue weighted by Crippen LogP contribution is -2.55. The third kappa shape index (κ3) is 2.28. The van der Waals surface area contributed by atoms with Crippen LogP contribution in [0.1, 0.15) is 36.8 Å². The van der Waals surface area contributed by atoms with Gasteiger partial charge in [-0.1, -0.05) is 12.8 Å². The first kappa shape index (κ1) is 13.7. The highest BCUT2D eigenvalue weighted by molar-refractivity contribution is 5.58. The van der Waals surface area contributed by atoms with Crippen LogP contribution in [0.3, 0.4) is 0 Å². The van der Waals surface area contributed by atoms with Gasteiger partial charge < -0.3 is 10.6 Å². The lowest BCUT2D eigenvalue weighted by Gasteiger charge is -2.50. The quantitative estimate of drug-likeness (QED) is 0.900. The normalized spacial score (nSPS) is 21.3. The zero-order valence-electron chi connectivity index (χ0n) is 11.3. The molecular weight excluding hydrogens is 265 g/mol. The number of hydrogen-bond acceptors (Lipinski definition) is 2. The molecule has 1 spiro atoms. The topological polar surface area (TPSA) is 29.3 Å². The molecule has 20 heavy (non-hydrogen) atoms. The summed E-state index contributed by atoms with van der Waals surface area (Å²) in [6, 6.07) is 3.93. The van der Waals surface area contributed by atoms with Crippen LogP contribution in [0.5, 0.6) is 0 Å². The second-order valence-corrected chi connectivity index (χ2v) is 6.11. The Labute approximate surface area is 116 Å². The molecule has 0 unspecified atom stereocenters. The van der Waals surface area contributed by atoms with Crippen molar-refractivity contribution in [3.05, 3.63) is 29.3 Å². The number of alkyl halides is 3. The first-order valence-electron chi connectivity index (χ1n) is 7.09. The average Bonchev–Trinajstić information content (AvgIpc) is 2.84. The van der Waals surface area contributed by atoms with Gasteiger partial charge in [0.1, 0.15) is 0 Å². The fourth-order valence-electron chi connectivity index (χ4n) is 3.61. The summed E-state index contributed by atoms with van der Waals surface area (Å²) >= 11 is 0. The molecule has 110 valence electrons. The Kier molecular flexibility index (Phi) is 3.20. The molecule has 2 aliphatic rings. The molecule has 1 saturated heterocycles. The highest BCUT2D eigenvalue weighted by Crippen LogP contribution is 2.47. The molecule has 1 aromatic carbocycles. The molecule has 0 radical (unpaired) electrons. The average molecular weight is 284 g/mol. The van der Waals surface area contributed by atoms with Crippen molar-refractivity contribution in [2.75, 3.05) is 18.0 Å². The molecule has 0 amide bonds. The van der Waals surface area contributed by atoms with Crippen LogP contribution in [0, 0.1) is 5.41 Å². The van der Waals surface area contributed by atoms with E-state index >= 15 is 0 Å². The molecule has 2 fully saturated rings. The SMILES string of the molecule is NCc1cc(C(F)(F)F)ccc1N1CC2(CCCC2)C1. The molecule has 5 heteroatoms. The van der Waals surface area contributed by atoms with E-state index in [2.05, 4.69) is 4.90 Å². The van der Waals surface area contributed by atoms with Crippen molar-refractivity contribution in [2.45, 2.75) is 38.4 Å². The molecule has 1 aliphatic heterocycles. The first-order chi connectivity index (χ1) is 9.43. The smallest absolute Gasteiger partial charge is 0.370 e. The maximum Gasteiger partial charge on any atom is 0.416 e. The van der Waals surface area contributed by atoms with Crippen LogP contribution < -0.4 is 10.6 Å². The van der Waals surface area contributed by atoms with Crippen LogP contribution in [0.15, 0.2) is 18.2 Å². The zero-order valence-corrected chi connectivity index (χ0v) is 11.3. The van der Waals surface area contributed by atoms with Gasteiger partial charge in [0.05, 0.1) is 5.56 Å². The van der Waals surface area contributed by atoms with E-state index in [1.807, 2.05) is 0 Å². The van der Waals surface area contributed by atoms with Gasteiger partial charge in [0.25, 0.3) is 0 Å². The third-order valence-electron chi connectivity index (χ3n) is 4.68. The van der Waals surface area contributed by atoms with Gasteiger partial charge in [0.15, 0.2) is 0 Å². The Bertz CT molecular complexity index is 496. The number of halogens is 3. The van der Waals surface area contributed by atoms with Gasteiger partial charge in [-0.15, -0.1) is 0 Å². The predicted molar refractivity (Wildman–Crippen MR) is 72.4 cm³/mol. The Balaban J connectivity index is 1.80. The summed E-state index contributed by atoms with van der Waals surface area (Å²) in [6.45, 7) is 2.07. The summed E-state index contributed by atoms with van der Waals surface area (Å²) in [5.41, 5.74) is 6.91. The maximum atomic E-state index is 12.7. The fourth-order valence-corrected chi connectivity index (χ4v) is 3.61. The monoisotopic (exact) mass is 284 g/mol. The third-order valence-corrected chi connectivity index (χ3v) is 4.68. The van der Waals surface area contributed by atoms with Crippen LogP contribution in [0.25, 0.3) is 0 Å². The molecule has 0 atom stereocenters. The van der Waals surface area contributed by atoms with E-state index in [0.717, 1.165) is 24.8 Å². The number of nitrogens with zero attached hydrogens (tertiary/aromatic N) is 1. The van der Waals surface area contributed by atoms with Crippen molar-refractivity contribution in [1.29, 1.82) is 0 Å². The molecule has 1 aliphatic carbocycles. The lowest BCUT2D eigenvalue weighted by atomic mass is 9.77. The van der Waals surface area contributed by atoms with Crippen molar-refractivity contribution < 1.29 is 13.2 Å². The van der Waals surface area contributed by atoms with E-state index in [0.29, 0.717) is 11.0 Å². The first-order valence-corrected chi connectivity index (χ1v) is 7.09. The van der Waals surface area contributed by atoms with Gasteiger partial charge in [-0.05, 0) is 36.6 Å². The van der Waals surface area contributed by atoms with Crippen molar-refractivity contribution in [1.82, 2.24) is 0 Å². The Hall–Kier alpha value is -1.23. The van der Waals surface area contributed by atoms with Gasteiger partial charge in [0.2, 0.25) is 0 Å². The lowest BCUT2D eigenvalue weighted by molar-refractivity contribution is -0.137. The summed E-state index contributed by atoms with van der Waals surface area (Å²) in [5.74, 6) is 0. The van der Waals surface area contributed by atoms with Crippen molar-refractivity contribution in [3.8, 4) is 0 Å². The zero-order chi connectivity index (χ0) is 14.4. The predicted octanol–water partition coefficient (Wildman–Crippen LogP) is 3.54. The summed E-state index contributed by atoms with van der Waals surface area (Å²) in [7, 11) is 0. The largest absolute Gasteiger partial charge is 0.416 e. The highest BCUT2D eigenvalue weighted by Gasteiger charge is 2.45. The minimum Gasteiger partial charge on any atom is -0.370 e. The van der Waals surface area contributed by atoms with Crippen LogP contribution in [-0.2, 0) is 12.7 Å². The van der Waals surface area contributed by atoms with Gasteiger partial charge in [-0.2, -0.15) is 13.2 Å². The second kappa shape index (κ2) is 4.65. The maximum absolute atomic E-state index is 12.7. The summed E-state index contributed by atoms with van der Waals surface area (Å²) < 4.78 is 38.2. The van der Waals surface area contributed by atoms with Gasteiger partial charge in [-0.25, -0.2) is 0 Å². The van der Waals surface area contributed by atoms with Crippen molar-refractivity contribution in [3.63, 3.8) is 0 Å². The number of anilines is 1. The molecular formula is C15H19F3N2. The second-order valence-electron chi connectivity index (χ2n) is 6.11. The molecule has 0 aromatic heterocycles. The van der Waals surface area contributed by atoms with E-state index in [-0.39, 0.29) is 6.54 Å². The van der Waals surface area contributed by atoms with Crippen molar-refractivity contribution >= 4 is 5.69 Å². The van der Waals surface area contributed by atoms with E-state index < -0.39 is 11.7 Å². The molecule has 2 N–H and O–H groups in total. The van der Waals surface area contributed by atoms with Crippen LogP contribution >= 0.6 is 0 Å². The molecule has 1 aromatic rings. The molecule has 1 heterocycles. The minimum absolute atomic E-state index is 0.142. The number of benzene rings is 1. The van der Waals surface area contributed by atoms with Crippen molar-refractivity contribution in [2.24, 2.45) is 11.1 Å². The Morgan fingerprint density at radius 2 is 1.80 bits per heavy atom. The number of nitrogens with two attached hydrogens (primary N) is 1. The molecule has 0 bridgehead atoms. The highest BCUT2D eigenvalue weighted by atomic mass is 19.4. The van der Waals surface area contributed by atoms with Gasteiger partial charge >= 0.3 is 6.18 Å². The van der Waals surface area contributed by atoms with Crippen LogP contribution in [0.4, 0.5) is 18.9 Å². The summed E-state index contributed by atoms with van der Waals surface area (Å²) in [5, 5.41) is 0. The number of rotatable bonds is 2. The minimum atomic E-state index is -4.30. The van der Waals surface area contributed by atoms with Gasteiger partial charge in [0, 0.05) is 30.7 Å². The van der Waals surface area contributed by atoms with Crippen LogP contribution in [0.2, 0.25) is 0 Å². The van der Waals surface area contributed by atoms with E-state index in [1.165, 1.54) is 31.7 Å². The van der Waals surface area contributed by atoms with Gasteiger partial charge in [-0.3, -0.25) is 0 Å². The van der Waals surface area contributed by atoms with Crippen LogP contribution in [-0.4, -0.2) is 13.1 Å². The Morgan fingerprint density at radius 1 is 1.15 bits per heavy atom. The standard InChI is InChI=1S/C15H19F3N2/c16-15(17,18)12-3-4-13(11(7-12)8-19)20-9-14(10-20)5-1-2-6-14/h3-4,7H,1-2,5-6,8-10,19H2. The van der Waals surface area contributed by atoms with E-state index in [1.54, 1.807) is 6.07 Å². The Morgan fingerprint density at radius 3 is 2.35 bits per heavy atom. The molecule has 1 saturated carbocycles. The summed E-state index contributed by atoms with van der Waals surface area (Å²) in [4.78, 5) is 2.17.